The largest absolute Gasteiger partial charge is 0.462 e. The van der Waals surface area contributed by atoms with Crippen molar-refractivity contribution >= 4 is 39.6 Å². The third-order valence-corrected chi connectivity index (χ3v) is 4.42. The minimum Gasteiger partial charge on any atom is -0.462 e. The van der Waals surface area contributed by atoms with Gasteiger partial charge in [0.1, 0.15) is 0 Å². The van der Waals surface area contributed by atoms with Crippen molar-refractivity contribution in [3.05, 3.63) is 77.9 Å². The highest BCUT2D eigenvalue weighted by atomic mass is 16.5. The molecule has 144 valence electrons. The molecule has 1 N–H and O–H groups in total. The molecule has 0 bridgehead atoms. The van der Waals surface area contributed by atoms with Crippen LogP contribution in [0.3, 0.4) is 0 Å². The van der Waals surface area contributed by atoms with Crippen LogP contribution < -0.4 is 5.32 Å². The summed E-state index contributed by atoms with van der Waals surface area (Å²) in [5, 5.41) is 2.83. The number of rotatable bonds is 5. The van der Waals surface area contributed by atoms with E-state index < -0.39 is 0 Å². The molecule has 4 rings (SSSR count). The third kappa shape index (κ3) is 4.06. The van der Waals surface area contributed by atoms with E-state index in [4.69, 9.17) is 4.74 Å². The lowest BCUT2D eigenvalue weighted by atomic mass is 10.1. The summed E-state index contributed by atoms with van der Waals surface area (Å²) >= 11 is 0. The SMILES string of the molecule is CCCOC(=O)c1ccc(NC(=O)c2ccc3nc4ccccc4nc3c2)cc1. The number of hydrogen-bond acceptors (Lipinski definition) is 5. The number of nitrogens with zero attached hydrogens (tertiary/aromatic N) is 2. The van der Waals surface area contributed by atoms with Crippen molar-refractivity contribution in [2.75, 3.05) is 11.9 Å². The van der Waals surface area contributed by atoms with Crippen molar-refractivity contribution in [1.82, 2.24) is 9.97 Å². The first-order chi connectivity index (χ1) is 14.1. The maximum Gasteiger partial charge on any atom is 0.338 e. The van der Waals surface area contributed by atoms with E-state index in [0.29, 0.717) is 28.9 Å². The van der Waals surface area contributed by atoms with Crippen LogP contribution in [-0.2, 0) is 4.74 Å². The van der Waals surface area contributed by atoms with E-state index in [1.807, 2.05) is 31.2 Å². The number of carbonyl (C=O) groups is 2. The van der Waals surface area contributed by atoms with E-state index in [0.717, 1.165) is 23.0 Å². The maximum atomic E-state index is 12.6. The summed E-state index contributed by atoms with van der Waals surface area (Å²) in [5.74, 6) is -0.631. The first-order valence-electron chi connectivity index (χ1n) is 9.39. The standard InChI is InChI=1S/C23H19N3O3/c1-2-13-29-23(28)15-7-10-17(11-8-15)24-22(27)16-9-12-20-21(14-16)26-19-6-4-3-5-18(19)25-20/h3-12,14H,2,13H2,1H3,(H,24,27). The predicted molar refractivity (Wildman–Crippen MR) is 112 cm³/mol. The molecule has 1 heterocycles. The van der Waals surface area contributed by atoms with Gasteiger partial charge < -0.3 is 10.1 Å². The highest BCUT2D eigenvalue weighted by molar-refractivity contribution is 6.06. The van der Waals surface area contributed by atoms with E-state index in [1.54, 1.807) is 42.5 Å². The fourth-order valence-electron chi connectivity index (χ4n) is 2.93. The number of amides is 1. The highest BCUT2D eigenvalue weighted by Gasteiger charge is 2.11. The monoisotopic (exact) mass is 385 g/mol. The van der Waals surface area contributed by atoms with Gasteiger partial charge in [-0.25, -0.2) is 14.8 Å². The van der Waals surface area contributed by atoms with Crippen molar-refractivity contribution in [3.8, 4) is 0 Å². The molecule has 1 amide bonds. The van der Waals surface area contributed by atoms with Crippen molar-refractivity contribution in [2.45, 2.75) is 13.3 Å². The van der Waals surface area contributed by atoms with Crippen molar-refractivity contribution in [1.29, 1.82) is 0 Å². The molecule has 29 heavy (non-hydrogen) atoms. The molecule has 6 nitrogen and oxygen atoms in total. The van der Waals surface area contributed by atoms with Gasteiger partial charge in [-0.1, -0.05) is 19.1 Å². The second-order valence-electron chi connectivity index (χ2n) is 6.58. The van der Waals surface area contributed by atoms with Gasteiger partial charge in [-0.05, 0) is 61.0 Å². The number of esters is 1. The number of aromatic nitrogens is 2. The zero-order valence-electron chi connectivity index (χ0n) is 15.9. The van der Waals surface area contributed by atoms with Gasteiger partial charge in [0, 0.05) is 11.3 Å². The Bertz CT molecular complexity index is 1200. The lowest BCUT2D eigenvalue weighted by Crippen LogP contribution is -2.12. The molecule has 0 spiro atoms. The number of hydrogen-bond donors (Lipinski definition) is 1. The van der Waals surface area contributed by atoms with E-state index in [-0.39, 0.29) is 11.9 Å². The molecular formula is C23H19N3O3. The third-order valence-electron chi connectivity index (χ3n) is 4.42. The molecule has 0 saturated carbocycles. The highest BCUT2D eigenvalue weighted by Crippen LogP contribution is 2.18. The Kier molecular flexibility index (Phi) is 5.16. The fraction of sp³-hybridized carbons (Fsp3) is 0.130. The second kappa shape index (κ2) is 8.06. The molecule has 1 aromatic heterocycles. The Hall–Kier alpha value is -3.80. The zero-order chi connectivity index (χ0) is 20.2. The van der Waals surface area contributed by atoms with Crippen LogP contribution >= 0.6 is 0 Å². The number of fused-ring (bicyclic) bond motifs is 2. The van der Waals surface area contributed by atoms with Gasteiger partial charge in [-0.2, -0.15) is 0 Å². The maximum absolute atomic E-state index is 12.6. The summed E-state index contributed by atoms with van der Waals surface area (Å²) in [7, 11) is 0. The quantitative estimate of drug-likeness (QED) is 0.401. The predicted octanol–water partition coefficient (Wildman–Crippen LogP) is 4.60. The zero-order valence-corrected chi connectivity index (χ0v) is 15.9. The molecule has 0 radical (unpaired) electrons. The Morgan fingerprint density at radius 3 is 2.14 bits per heavy atom. The van der Waals surface area contributed by atoms with Gasteiger partial charge in [-0.15, -0.1) is 0 Å². The van der Waals surface area contributed by atoms with Crippen LogP contribution in [0.1, 0.15) is 34.1 Å². The number of anilines is 1. The molecule has 0 atom stereocenters. The molecule has 0 saturated heterocycles. The molecule has 0 unspecified atom stereocenters. The van der Waals surface area contributed by atoms with Crippen molar-refractivity contribution in [3.63, 3.8) is 0 Å². The lowest BCUT2D eigenvalue weighted by Gasteiger charge is -2.08. The minimum atomic E-state index is -0.370. The van der Waals surface area contributed by atoms with Gasteiger partial charge in [0.05, 0.1) is 34.2 Å². The van der Waals surface area contributed by atoms with Crippen LogP contribution in [0, 0.1) is 0 Å². The van der Waals surface area contributed by atoms with E-state index in [2.05, 4.69) is 15.3 Å². The molecule has 0 aliphatic carbocycles. The Morgan fingerprint density at radius 1 is 0.828 bits per heavy atom. The molecule has 0 aliphatic rings. The number of benzene rings is 3. The van der Waals surface area contributed by atoms with Crippen LogP contribution in [0.25, 0.3) is 22.1 Å². The van der Waals surface area contributed by atoms with Crippen LogP contribution in [0.5, 0.6) is 0 Å². The Labute approximate surface area is 167 Å². The molecular weight excluding hydrogens is 366 g/mol. The summed E-state index contributed by atoms with van der Waals surface area (Å²) in [5.41, 5.74) is 4.50. The van der Waals surface area contributed by atoms with E-state index in [9.17, 15) is 9.59 Å². The summed E-state index contributed by atoms with van der Waals surface area (Å²) in [6.07, 6.45) is 0.770. The smallest absolute Gasteiger partial charge is 0.338 e. The van der Waals surface area contributed by atoms with Crippen molar-refractivity contribution in [2.24, 2.45) is 0 Å². The topological polar surface area (TPSA) is 81.2 Å². The van der Waals surface area contributed by atoms with E-state index >= 15 is 0 Å². The summed E-state index contributed by atoms with van der Waals surface area (Å²) in [6, 6.07) is 19.5. The average molecular weight is 385 g/mol. The lowest BCUT2D eigenvalue weighted by molar-refractivity contribution is 0.0505. The van der Waals surface area contributed by atoms with Gasteiger partial charge in [0.25, 0.3) is 5.91 Å². The van der Waals surface area contributed by atoms with E-state index in [1.165, 1.54) is 0 Å². The van der Waals surface area contributed by atoms with Gasteiger partial charge in [0.15, 0.2) is 0 Å². The number of para-hydroxylation sites is 2. The van der Waals surface area contributed by atoms with Gasteiger partial charge in [0.2, 0.25) is 0 Å². The molecule has 6 heteroatoms. The minimum absolute atomic E-state index is 0.261. The summed E-state index contributed by atoms with van der Waals surface area (Å²) in [6.45, 7) is 2.32. The molecule has 3 aromatic carbocycles. The van der Waals surface area contributed by atoms with Crippen LogP contribution in [0.15, 0.2) is 66.7 Å². The van der Waals surface area contributed by atoms with Gasteiger partial charge in [-0.3, -0.25) is 4.79 Å². The average Bonchev–Trinajstić information content (AvgIpc) is 2.76. The van der Waals surface area contributed by atoms with Crippen LogP contribution in [-0.4, -0.2) is 28.5 Å². The summed E-state index contributed by atoms with van der Waals surface area (Å²) in [4.78, 5) is 33.6. The Balaban J connectivity index is 1.52. The molecule has 0 aliphatic heterocycles. The first-order valence-corrected chi connectivity index (χ1v) is 9.39. The van der Waals surface area contributed by atoms with Gasteiger partial charge >= 0.3 is 5.97 Å². The molecule has 4 aromatic rings. The number of nitrogens with one attached hydrogen (secondary N) is 1. The number of carbonyl (C=O) groups excluding carboxylic acids is 2. The molecule has 0 fully saturated rings. The normalized spacial score (nSPS) is 10.8. The number of ether oxygens (including phenoxy) is 1. The fourth-order valence-corrected chi connectivity index (χ4v) is 2.93. The van der Waals surface area contributed by atoms with Crippen molar-refractivity contribution < 1.29 is 14.3 Å². The second-order valence-corrected chi connectivity index (χ2v) is 6.58. The van der Waals surface area contributed by atoms with Crippen LogP contribution in [0.2, 0.25) is 0 Å². The summed E-state index contributed by atoms with van der Waals surface area (Å²) < 4.78 is 5.10. The first kappa shape index (κ1) is 18.6. The Morgan fingerprint density at radius 2 is 1.45 bits per heavy atom. The van der Waals surface area contributed by atoms with Crippen LogP contribution in [0.4, 0.5) is 5.69 Å².